The molecule has 0 aliphatic rings. The van der Waals surface area contributed by atoms with Crippen LogP contribution in [0.3, 0.4) is 0 Å². The van der Waals surface area contributed by atoms with Gasteiger partial charge in [-0.05, 0) is 18.2 Å². The minimum Gasteiger partial charge on any atom is -0.475 e. The number of carbonyl (C=O) groups is 1. The van der Waals surface area contributed by atoms with Crippen LogP contribution >= 0.6 is 15.9 Å². The molecule has 2 aromatic rings. The number of oxazole rings is 1. The number of aromatic carboxylic acids is 1. The number of hydrogen-bond donors (Lipinski definition) is 1. The zero-order valence-corrected chi connectivity index (χ0v) is 10.6. The fourth-order valence-corrected chi connectivity index (χ4v) is 1.90. The molecule has 1 aromatic heterocycles. The summed E-state index contributed by atoms with van der Waals surface area (Å²) in [5.74, 6) is -3.64. The summed E-state index contributed by atoms with van der Waals surface area (Å²) in [5, 5.41) is 8.73. The van der Waals surface area contributed by atoms with Crippen molar-refractivity contribution in [3.8, 4) is 11.5 Å². The first-order chi connectivity index (χ1) is 8.88. The Morgan fingerprint density at radius 3 is 2.53 bits per heavy atom. The highest BCUT2D eigenvalue weighted by Crippen LogP contribution is 2.30. The van der Waals surface area contributed by atoms with Crippen LogP contribution in [-0.2, 0) is 0 Å². The Bertz CT molecular complexity index is 622. The number of nitrogens with zero attached hydrogens (tertiary/aromatic N) is 1. The number of aromatic nitrogens is 1. The summed E-state index contributed by atoms with van der Waals surface area (Å²) >= 11 is 3.02. The van der Waals surface area contributed by atoms with Gasteiger partial charge in [0.25, 0.3) is 6.43 Å². The van der Waals surface area contributed by atoms with Crippen molar-refractivity contribution in [2.45, 2.75) is 6.43 Å². The van der Waals surface area contributed by atoms with Gasteiger partial charge in [0.2, 0.25) is 11.7 Å². The molecule has 0 unspecified atom stereocenters. The van der Waals surface area contributed by atoms with Crippen molar-refractivity contribution in [2.24, 2.45) is 0 Å². The first-order valence-corrected chi connectivity index (χ1v) is 5.66. The lowest BCUT2D eigenvalue weighted by Crippen LogP contribution is -1.99. The maximum absolute atomic E-state index is 13.2. The summed E-state index contributed by atoms with van der Waals surface area (Å²) in [5.41, 5.74) is -0.927. The third-order valence-corrected chi connectivity index (χ3v) is 2.62. The molecule has 0 radical (unpaired) electrons. The lowest BCUT2D eigenvalue weighted by Gasteiger charge is -1.97. The molecule has 0 amide bonds. The summed E-state index contributed by atoms with van der Waals surface area (Å²) < 4.78 is 43.5. The number of carboxylic acids is 1. The van der Waals surface area contributed by atoms with Crippen molar-refractivity contribution >= 4 is 21.9 Å². The van der Waals surface area contributed by atoms with Gasteiger partial charge in [-0.15, -0.1) is 0 Å². The van der Waals surface area contributed by atoms with Gasteiger partial charge >= 0.3 is 5.97 Å². The summed E-state index contributed by atoms with van der Waals surface area (Å²) in [6.45, 7) is 0. The van der Waals surface area contributed by atoms with Crippen LogP contribution in [0.1, 0.15) is 22.7 Å². The fraction of sp³-hybridized carbons (Fsp3) is 0.0909. The Labute approximate surface area is 113 Å². The molecule has 1 aromatic carbocycles. The lowest BCUT2D eigenvalue weighted by atomic mass is 10.2. The molecule has 0 aliphatic carbocycles. The lowest BCUT2D eigenvalue weighted by molar-refractivity contribution is 0.0647. The third-order valence-electron chi connectivity index (χ3n) is 2.16. The average molecular weight is 336 g/mol. The van der Waals surface area contributed by atoms with E-state index < -0.39 is 29.7 Å². The van der Waals surface area contributed by atoms with Gasteiger partial charge in [-0.25, -0.2) is 22.9 Å². The number of alkyl halides is 2. The van der Waals surface area contributed by atoms with E-state index in [4.69, 9.17) is 9.52 Å². The molecular weight excluding hydrogens is 331 g/mol. The van der Waals surface area contributed by atoms with Crippen molar-refractivity contribution in [2.75, 3.05) is 0 Å². The number of halogens is 4. The van der Waals surface area contributed by atoms with Gasteiger partial charge in [-0.3, -0.25) is 0 Å². The largest absolute Gasteiger partial charge is 0.475 e. The van der Waals surface area contributed by atoms with Gasteiger partial charge in [0, 0.05) is 10.0 Å². The molecule has 0 spiro atoms. The molecule has 8 heteroatoms. The van der Waals surface area contributed by atoms with Crippen LogP contribution in [-0.4, -0.2) is 16.1 Å². The predicted octanol–water partition coefficient (Wildman–Crippen LogP) is 3.88. The molecule has 0 atom stereocenters. The molecule has 0 fully saturated rings. The second kappa shape index (κ2) is 5.04. The SMILES string of the molecule is O=C(O)c1oc(-c2cc(F)cc(Br)c2)nc1C(F)F. The Kier molecular flexibility index (Phi) is 3.61. The highest BCUT2D eigenvalue weighted by molar-refractivity contribution is 9.10. The van der Waals surface area contributed by atoms with E-state index in [-0.39, 0.29) is 11.5 Å². The van der Waals surface area contributed by atoms with E-state index in [2.05, 4.69) is 20.9 Å². The summed E-state index contributed by atoms with van der Waals surface area (Å²) in [4.78, 5) is 14.2. The van der Waals surface area contributed by atoms with Crippen molar-refractivity contribution in [1.82, 2.24) is 4.98 Å². The van der Waals surface area contributed by atoms with Crippen molar-refractivity contribution in [3.63, 3.8) is 0 Å². The summed E-state index contributed by atoms with van der Waals surface area (Å²) in [7, 11) is 0. The summed E-state index contributed by atoms with van der Waals surface area (Å²) in [6, 6.07) is 3.52. The van der Waals surface area contributed by atoms with Crippen LogP contribution in [0.2, 0.25) is 0 Å². The highest BCUT2D eigenvalue weighted by atomic mass is 79.9. The molecule has 19 heavy (non-hydrogen) atoms. The monoisotopic (exact) mass is 335 g/mol. The highest BCUT2D eigenvalue weighted by Gasteiger charge is 2.26. The third kappa shape index (κ3) is 2.78. The van der Waals surface area contributed by atoms with E-state index in [0.29, 0.717) is 4.47 Å². The van der Waals surface area contributed by atoms with Gasteiger partial charge in [0.05, 0.1) is 0 Å². The van der Waals surface area contributed by atoms with Gasteiger partial charge in [0.1, 0.15) is 5.82 Å². The maximum atomic E-state index is 13.2. The van der Waals surface area contributed by atoms with E-state index in [9.17, 15) is 18.0 Å². The first kappa shape index (κ1) is 13.6. The van der Waals surface area contributed by atoms with Gasteiger partial charge in [-0.1, -0.05) is 15.9 Å². The normalized spacial score (nSPS) is 11.0. The Morgan fingerprint density at radius 1 is 1.37 bits per heavy atom. The molecule has 4 nitrogen and oxygen atoms in total. The first-order valence-electron chi connectivity index (χ1n) is 4.87. The second-order valence-electron chi connectivity index (χ2n) is 3.50. The molecular formula is C11H5BrF3NO3. The number of hydrogen-bond acceptors (Lipinski definition) is 3. The van der Waals surface area contributed by atoms with Gasteiger partial charge in [0.15, 0.2) is 5.69 Å². The Hall–Kier alpha value is -1.83. The molecule has 1 N–H and O–H groups in total. The zero-order valence-electron chi connectivity index (χ0n) is 9.03. The molecule has 0 bridgehead atoms. The van der Waals surface area contributed by atoms with E-state index in [1.54, 1.807) is 0 Å². The van der Waals surface area contributed by atoms with Crippen LogP contribution in [0.4, 0.5) is 13.2 Å². The van der Waals surface area contributed by atoms with E-state index in [1.807, 2.05) is 0 Å². The molecule has 0 aliphatic heterocycles. The van der Waals surface area contributed by atoms with Crippen molar-refractivity contribution < 1.29 is 27.5 Å². The second-order valence-corrected chi connectivity index (χ2v) is 4.41. The van der Waals surface area contributed by atoms with Crippen LogP contribution in [0.5, 0.6) is 0 Å². The average Bonchev–Trinajstić information content (AvgIpc) is 2.72. The number of rotatable bonds is 3. The van der Waals surface area contributed by atoms with Crippen LogP contribution < -0.4 is 0 Å². The van der Waals surface area contributed by atoms with E-state index >= 15 is 0 Å². The Morgan fingerprint density at radius 2 is 2.05 bits per heavy atom. The molecule has 2 rings (SSSR count). The topological polar surface area (TPSA) is 63.3 Å². The quantitative estimate of drug-likeness (QED) is 0.924. The van der Waals surface area contributed by atoms with Gasteiger partial charge in [-0.2, -0.15) is 0 Å². The standard InChI is InChI=1S/C11H5BrF3NO3/c12-5-1-4(2-6(13)3-5)10-16-7(9(14)15)8(19-10)11(17)18/h1-3,9H,(H,17,18). The molecule has 0 saturated carbocycles. The number of carboxylic acid groups (broad SMARTS) is 1. The zero-order chi connectivity index (χ0) is 14.2. The Balaban J connectivity index is 2.57. The minimum atomic E-state index is -3.10. The van der Waals surface area contributed by atoms with Crippen LogP contribution in [0, 0.1) is 5.82 Å². The van der Waals surface area contributed by atoms with E-state index in [1.165, 1.54) is 6.07 Å². The fourth-order valence-electron chi connectivity index (χ4n) is 1.43. The maximum Gasteiger partial charge on any atom is 0.374 e. The predicted molar refractivity (Wildman–Crippen MR) is 61.5 cm³/mol. The van der Waals surface area contributed by atoms with Crippen molar-refractivity contribution in [3.05, 3.63) is 39.9 Å². The minimum absolute atomic E-state index is 0.0567. The molecule has 0 saturated heterocycles. The van der Waals surface area contributed by atoms with E-state index in [0.717, 1.165) is 12.1 Å². The molecule has 100 valence electrons. The van der Waals surface area contributed by atoms with Crippen LogP contribution in [0.15, 0.2) is 27.1 Å². The van der Waals surface area contributed by atoms with Crippen LogP contribution in [0.25, 0.3) is 11.5 Å². The number of benzene rings is 1. The summed E-state index contributed by atoms with van der Waals surface area (Å²) in [6.07, 6.45) is -3.10. The smallest absolute Gasteiger partial charge is 0.374 e. The van der Waals surface area contributed by atoms with Gasteiger partial charge < -0.3 is 9.52 Å². The molecule has 1 heterocycles. The van der Waals surface area contributed by atoms with Crippen molar-refractivity contribution in [1.29, 1.82) is 0 Å².